The van der Waals surface area contributed by atoms with Crippen molar-refractivity contribution in [2.45, 2.75) is 13.2 Å². The molecule has 2 heterocycles. The lowest BCUT2D eigenvalue weighted by Crippen LogP contribution is -2.19. The first-order chi connectivity index (χ1) is 12.3. The molecule has 25 heavy (non-hydrogen) atoms. The number of nitrogens with zero attached hydrogens (tertiary/aromatic N) is 4. The molecule has 0 unspecified atom stereocenters. The van der Waals surface area contributed by atoms with Crippen molar-refractivity contribution in [1.82, 2.24) is 19.3 Å². The van der Waals surface area contributed by atoms with Crippen molar-refractivity contribution in [2.24, 2.45) is 0 Å². The summed E-state index contributed by atoms with van der Waals surface area (Å²) >= 11 is 0. The van der Waals surface area contributed by atoms with Crippen LogP contribution >= 0.6 is 0 Å². The third-order valence-electron chi connectivity index (χ3n) is 3.95. The molecule has 1 N–H and O–H groups in total. The summed E-state index contributed by atoms with van der Waals surface area (Å²) in [4.78, 5) is 14.4. The second-order valence-electron chi connectivity index (χ2n) is 5.71. The van der Waals surface area contributed by atoms with E-state index in [1.165, 1.54) is 4.73 Å². The van der Waals surface area contributed by atoms with Crippen LogP contribution in [0, 0.1) is 5.41 Å². The third-order valence-corrected chi connectivity index (χ3v) is 3.95. The number of aromatic nitrogens is 4. The van der Waals surface area contributed by atoms with Crippen LogP contribution in [0.15, 0.2) is 73.3 Å². The molecule has 0 radical (unpaired) electrons. The topological polar surface area (TPSA) is 68.7 Å². The average molecular weight is 331 g/mol. The largest absolute Gasteiger partial charge is 0.407 e. The number of hydrogen-bond donors (Lipinski definition) is 1. The molecule has 0 saturated carbocycles. The quantitative estimate of drug-likeness (QED) is 0.610. The summed E-state index contributed by atoms with van der Waals surface area (Å²) in [5, 5.41) is 8.12. The lowest BCUT2D eigenvalue weighted by molar-refractivity contribution is 0.105. The molecule has 4 aromatic rings. The second-order valence-corrected chi connectivity index (χ2v) is 5.71. The van der Waals surface area contributed by atoms with Crippen LogP contribution < -0.4 is 10.3 Å². The number of fused-ring (bicyclic) bond motifs is 1. The highest BCUT2D eigenvalue weighted by atomic mass is 16.7. The van der Waals surface area contributed by atoms with Crippen molar-refractivity contribution in [2.75, 3.05) is 0 Å². The highest BCUT2D eigenvalue weighted by Crippen LogP contribution is 2.10. The van der Waals surface area contributed by atoms with Crippen molar-refractivity contribution in [3.63, 3.8) is 0 Å². The molecule has 0 saturated heterocycles. The molecular weight excluding hydrogens is 314 g/mol. The van der Waals surface area contributed by atoms with Crippen LogP contribution in [-0.4, -0.2) is 19.3 Å². The zero-order chi connectivity index (χ0) is 17.1. The van der Waals surface area contributed by atoms with Gasteiger partial charge < -0.3 is 9.40 Å². The van der Waals surface area contributed by atoms with E-state index < -0.39 is 0 Å². The first kappa shape index (κ1) is 15.1. The molecule has 0 aliphatic heterocycles. The van der Waals surface area contributed by atoms with E-state index in [0.717, 1.165) is 11.1 Å². The van der Waals surface area contributed by atoms with Gasteiger partial charge in [-0.15, -0.1) is 0 Å². The van der Waals surface area contributed by atoms with Crippen LogP contribution in [-0.2, 0) is 13.2 Å². The summed E-state index contributed by atoms with van der Waals surface area (Å²) in [6.45, 7) is 1.04. The molecule has 2 aromatic carbocycles. The van der Waals surface area contributed by atoms with Gasteiger partial charge in [-0.25, -0.2) is 9.97 Å². The fourth-order valence-corrected chi connectivity index (χ4v) is 2.70. The van der Waals surface area contributed by atoms with Crippen LogP contribution in [0.3, 0.4) is 0 Å². The molecule has 0 spiro atoms. The molecule has 6 nitrogen and oxygen atoms in total. The Kier molecular flexibility index (Phi) is 4.00. The van der Waals surface area contributed by atoms with Crippen molar-refractivity contribution in [1.29, 1.82) is 5.41 Å². The standard InChI is InChI=1S/C19H17N5O/c20-18-17-19(23(13-21-18)11-15-7-3-1-4-8-15)22-14-24(17)25-12-16-9-5-2-6-10-16/h1-10,13-14,20H,11-12H2. The van der Waals surface area contributed by atoms with Gasteiger partial charge in [-0.3, -0.25) is 5.41 Å². The van der Waals surface area contributed by atoms with Crippen LogP contribution in [0.5, 0.6) is 0 Å². The predicted octanol–water partition coefficient (Wildman–Crippen LogP) is 2.39. The number of nitrogens with one attached hydrogen (secondary N) is 1. The molecule has 0 aliphatic rings. The SMILES string of the molecule is N=c1ncn(Cc2ccccc2)c2ncn(OCc3ccccc3)c12. The molecular formula is C19H17N5O. The minimum Gasteiger partial charge on any atom is -0.407 e. The van der Waals surface area contributed by atoms with Gasteiger partial charge in [-0.2, -0.15) is 4.73 Å². The number of hydrogen-bond acceptors (Lipinski definition) is 4. The van der Waals surface area contributed by atoms with Crippen LogP contribution in [0.25, 0.3) is 11.2 Å². The Bertz CT molecular complexity index is 1040. The van der Waals surface area contributed by atoms with Gasteiger partial charge in [0.05, 0.1) is 12.9 Å². The van der Waals surface area contributed by atoms with Crippen LogP contribution in [0.4, 0.5) is 0 Å². The summed E-state index contributed by atoms with van der Waals surface area (Å²) in [7, 11) is 0. The molecule has 2 aromatic heterocycles. The summed E-state index contributed by atoms with van der Waals surface area (Å²) in [5.41, 5.74) is 3.58. The fourth-order valence-electron chi connectivity index (χ4n) is 2.70. The third kappa shape index (κ3) is 3.14. The fraction of sp³-hybridized carbons (Fsp3) is 0.105. The van der Waals surface area contributed by atoms with Crippen molar-refractivity contribution in [3.8, 4) is 0 Å². The molecule has 6 heteroatoms. The Morgan fingerprint density at radius 1 is 0.840 bits per heavy atom. The molecule has 0 aliphatic carbocycles. The normalized spacial score (nSPS) is 10.9. The Balaban J connectivity index is 1.66. The lowest BCUT2D eigenvalue weighted by atomic mass is 10.2. The van der Waals surface area contributed by atoms with E-state index in [1.54, 1.807) is 12.7 Å². The number of rotatable bonds is 5. The first-order valence-corrected chi connectivity index (χ1v) is 7.99. The van der Waals surface area contributed by atoms with Gasteiger partial charge in [0.15, 0.2) is 16.7 Å². The molecule has 0 fully saturated rings. The van der Waals surface area contributed by atoms with E-state index in [4.69, 9.17) is 10.2 Å². The zero-order valence-corrected chi connectivity index (χ0v) is 13.5. The number of benzene rings is 2. The molecule has 0 bridgehead atoms. The van der Waals surface area contributed by atoms with Crippen LogP contribution in [0.1, 0.15) is 11.1 Å². The van der Waals surface area contributed by atoms with Crippen molar-refractivity contribution >= 4 is 11.2 Å². The maximum atomic E-state index is 8.12. The van der Waals surface area contributed by atoms with E-state index in [2.05, 4.69) is 22.1 Å². The lowest BCUT2D eigenvalue weighted by Gasteiger charge is -2.09. The van der Waals surface area contributed by atoms with Gasteiger partial charge >= 0.3 is 0 Å². The minimum absolute atomic E-state index is 0.143. The first-order valence-electron chi connectivity index (χ1n) is 7.99. The van der Waals surface area contributed by atoms with Gasteiger partial charge in [0.25, 0.3) is 0 Å². The smallest absolute Gasteiger partial charge is 0.177 e. The molecule has 4 rings (SSSR count). The Morgan fingerprint density at radius 3 is 2.24 bits per heavy atom. The number of imidazole rings is 1. The maximum absolute atomic E-state index is 8.12. The summed E-state index contributed by atoms with van der Waals surface area (Å²) in [5.74, 6) is 0. The summed E-state index contributed by atoms with van der Waals surface area (Å²) in [6.07, 6.45) is 3.24. The van der Waals surface area contributed by atoms with Crippen molar-refractivity contribution < 1.29 is 4.84 Å². The van der Waals surface area contributed by atoms with Gasteiger partial charge in [0.2, 0.25) is 0 Å². The van der Waals surface area contributed by atoms with Gasteiger partial charge in [-0.05, 0) is 11.1 Å². The van der Waals surface area contributed by atoms with E-state index in [-0.39, 0.29) is 5.49 Å². The molecule has 124 valence electrons. The average Bonchev–Trinajstić information content (AvgIpc) is 3.09. The van der Waals surface area contributed by atoms with Crippen molar-refractivity contribution in [3.05, 3.63) is 89.9 Å². The molecule has 0 atom stereocenters. The maximum Gasteiger partial charge on any atom is 0.177 e. The highest BCUT2D eigenvalue weighted by molar-refractivity contribution is 5.69. The van der Waals surface area contributed by atoms with E-state index in [0.29, 0.717) is 24.3 Å². The minimum atomic E-state index is 0.143. The Labute approximate surface area is 144 Å². The van der Waals surface area contributed by atoms with Crippen LogP contribution in [0.2, 0.25) is 0 Å². The highest BCUT2D eigenvalue weighted by Gasteiger charge is 2.11. The van der Waals surface area contributed by atoms with E-state index in [1.807, 2.05) is 53.1 Å². The van der Waals surface area contributed by atoms with Gasteiger partial charge in [0.1, 0.15) is 12.9 Å². The Hall–Kier alpha value is -3.41. The zero-order valence-electron chi connectivity index (χ0n) is 13.5. The second kappa shape index (κ2) is 6.60. The Morgan fingerprint density at radius 2 is 1.52 bits per heavy atom. The summed E-state index contributed by atoms with van der Waals surface area (Å²) < 4.78 is 3.45. The van der Waals surface area contributed by atoms with E-state index >= 15 is 0 Å². The summed E-state index contributed by atoms with van der Waals surface area (Å²) in [6, 6.07) is 20.0. The van der Waals surface area contributed by atoms with E-state index in [9.17, 15) is 0 Å². The van der Waals surface area contributed by atoms with Gasteiger partial charge in [0, 0.05) is 0 Å². The monoisotopic (exact) mass is 331 g/mol. The predicted molar refractivity (Wildman–Crippen MR) is 93.6 cm³/mol. The molecule has 0 amide bonds. The van der Waals surface area contributed by atoms with Gasteiger partial charge in [-0.1, -0.05) is 60.7 Å².